The van der Waals surface area contributed by atoms with Crippen molar-refractivity contribution >= 4 is 56.0 Å². The first-order valence-electron chi connectivity index (χ1n) is 8.75. The van der Waals surface area contributed by atoms with E-state index in [1.807, 2.05) is 12.1 Å². The van der Waals surface area contributed by atoms with Gasteiger partial charge >= 0.3 is 0 Å². The van der Waals surface area contributed by atoms with Crippen molar-refractivity contribution in [2.75, 3.05) is 29.5 Å². The molecule has 0 N–H and O–H groups in total. The van der Waals surface area contributed by atoms with Gasteiger partial charge in [0.2, 0.25) is 0 Å². The monoisotopic (exact) mass is 412 g/mol. The second-order valence-corrected chi connectivity index (χ2v) is 10.7. The molecule has 0 aromatic carbocycles. The number of carbonyl (C=O) groups excluding carboxylic acids is 1. The molecule has 0 bridgehead atoms. The Labute approximate surface area is 162 Å². The predicted octanol–water partition coefficient (Wildman–Crippen LogP) is 2.66. The van der Waals surface area contributed by atoms with Gasteiger partial charge in [-0.05, 0) is 31.7 Å². The molecule has 0 radical (unpaired) electrons. The fourth-order valence-electron chi connectivity index (χ4n) is 3.61. The largest absolute Gasteiger partial charge is 0.441 e. The number of piperidine rings is 1. The highest BCUT2D eigenvalue weighted by molar-refractivity contribution is 8.26. The number of amides is 1. The Balaban J connectivity index is 1.50. The number of hydrogen-bond acceptors (Lipinski definition) is 7. The second-order valence-electron chi connectivity index (χ2n) is 6.83. The fourth-order valence-corrected chi connectivity index (χ4v) is 6.69. The third kappa shape index (κ3) is 3.57. The van der Waals surface area contributed by atoms with Gasteiger partial charge in [-0.15, -0.1) is 0 Å². The summed E-state index contributed by atoms with van der Waals surface area (Å²) in [5.74, 6) is 1.33. The van der Waals surface area contributed by atoms with Crippen molar-refractivity contribution < 1.29 is 17.6 Å². The van der Waals surface area contributed by atoms with E-state index < -0.39 is 9.84 Å². The lowest BCUT2D eigenvalue weighted by Crippen LogP contribution is -2.39. The molecule has 1 aromatic heterocycles. The Bertz CT molecular complexity index is 868. The maximum Gasteiger partial charge on any atom is 0.266 e. The number of hydrogen-bond donors (Lipinski definition) is 0. The summed E-state index contributed by atoms with van der Waals surface area (Å²) in [5.41, 5.74) is 0. The van der Waals surface area contributed by atoms with E-state index in [0.29, 0.717) is 21.4 Å². The summed E-state index contributed by atoms with van der Waals surface area (Å²) >= 11 is 6.53. The highest BCUT2D eigenvalue weighted by Crippen LogP contribution is 2.36. The number of carbonyl (C=O) groups is 1. The van der Waals surface area contributed by atoms with Gasteiger partial charge < -0.3 is 9.32 Å². The average molecular weight is 413 g/mol. The van der Waals surface area contributed by atoms with Gasteiger partial charge in [0.25, 0.3) is 5.91 Å². The Morgan fingerprint density at radius 3 is 2.69 bits per heavy atom. The minimum atomic E-state index is -3.07. The van der Waals surface area contributed by atoms with Crippen molar-refractivity contribution in [3.8, 4) is 0 Å². The van der Waals surface area contributed by atoms with E-state index >= 15 is 0 Å². The standard InChI is InChI=1S/C17H20N2O4S3/c20-16-14(25-17(24)19(16)12-6-9-26(21,22)11-12)10-13-4-5-15(23-13)18-7-2-1-3-8-18/h4-5,10,12H,1-3,6-9,11H2/b14-10-/t12-/m1/s1. The fraction of sp³-hybridized carbons (Fsp3) is 0.529. The van der Waals surface area contributed by atoms with Crippen molar-refractivity contribution in [3.63, 3.8) is 0 Å². The Morgan fingerprint density at radius 2 is 2.00 bits per heavy atom. The van der Waals surface area contributed by atoms with E-state index in [2.05, 4.69) is 4.90 Å². The van der Waals surface area contributed by atoms with Crippen molar-refractivity contribution in [2.24, 2.45) is 0 Å². The Kier molecular flexibility index (Phi) is 4.87. The van der Waals surface area contributed by atoms with Gasteiger partial charge in [-0.3, -0.25) is 9.69 Å². The zero-order valence-electron chi connectivity index (χ0n) is 14.2. The molecule has 140 valence electrons. The molecular weight excluding hydrogens is 392 g/mol. The second kappa shape index (κ2) is 7.01. The number of sulfone groups is 1. The molecule has 3 aliphatic rings. The molecule has 3 fully saturated rings. The molecule has 0 saturated carbocycles. The molecule has 0 aliphatic carbocycles. The lowest BCUT2D eigenvalue weighted by atomic mass is 10.1. The quantitative estimate of drug-likeness (QED) is 0.558. The van der Waals surface area contributed by atoms with E-state index in [4.69, 9.17) is 16.6 Å². The first-order chi connectivity index (χ1) is 12.4. The van der Waals surface area contributed by atoms with Crippen LogP contribution in [0.2, 0.25) is 0 Å². The molecule has 9 heteroatoms. The highest BCUT2D eigenvalue weighted by Gasteiger charge is 2.42. The Hall–Kier alpha value is -1.32. The lowest BCUT2D eigenvalue weighted by molar-refractivity contribution is -0.123. The van der Waals surface area contributed by atoms with Crippen LogP contribution in [0.25, 0.3) is 6.08 Å². The molecule has 4 rings (SSSR count). The summed E-state index contributed by atoms with van der Waals surface area (Å²) in [5, 5.41) is 0. The van der Waals surface area contributed by atoms with Crippen LogP contribution in [0.4, 0.5) is 5.88 Å². The smallest absolute Gasteiger partial charge is 0.266 e. The van der Waals surface area contributed by atoms with Gasteiger partial charge in [-0.1, -0.05) is 24.0 Å². The van der Waals surface area contributed by atoms with Crippen LogP contribution in [0.1, 0.15) is 31.4 Å². The van der Waals surface area contributed by atoms with Crippen LogP contribution in [-0.2, 0) is 14.6 Å². The summed E-state index contributed by atoms with van der Waals surface area (Å²) in [6.07, 6.45) is 5.74. The minimum Gasteiger partial charge on any atom is -0.441 e. The van der Waals surface area contributed by atoms with Crippen LogP contribution in [0, 0.1) is 0 Å². The van der Waals surface area contributed by atoms with Crippen LogP contribution >= 0.6 is 24.0 Å². The van der Waals surface area contributed by atoms with Crippen molar-refractivity contribution in [2.45, 2.75) is 31.7 Å². The number of rotatable bonds is 3. The molecule has 3 saturated heterocycles. The molecular formula is C17H20N2O4S3. The lowest BCUT2D eigenvalue weighted by Gasteiger charge is -2.25. The van der Waals surface area contributed by atoms with Crippen LogP contribution in [0.5, 0.6) is 0 Å². The van der Waals surface area contributed by atoms with E-state index in [9.17, 15) is 13.2 Å². The Morgan fingerprint density at radius 1 is 1.23 bits per heavy atom. The van der Waals surface area contributed by atoms with Crippen LogP contribution in [-0.4, -0.2) is 54.2 Å². The zero-order valence-corrected chi connectivity index (χ0v) is 16.7. The maximum absolute atomic E-state index is 12.7. The summed E-state index contributed by atoms with van der Waals surface area (Å²) in [6.45, 7) is 1.98. The number of nitrogens with zero attached hydrogens (tertiary/aromatic N) is 2. The van der Waals surface area contributed by atoms with Crippen LogP contribution in [0.3, 0.4) is 0 Å². The number of thioether (sulfide) groups is 1. The molecule has 1 amide bonds. The molecule has 1 atom stereocenters. The SMILES string of the molecule is O=C1/C(=C/c2ccc(N3CCCCC3)o2)SC(=S)N1[C@@H]1CCS(=O)(=O)C1. The van der Waals surface area contributed by atoms with E-state index in [1.165, 1.54) is 35.9 Å². The summed E-state index contributed by atoms with van der Waals surface area (Å²) in [4.78, 5) is 16.9. The van der Waals surface area contributed by atoms with Gasteiger partial charge in [0.1, 0.15) is 10.1 Å². The van der Waals surface area contributed by atoms with Gasteiger partial charge in [0, 0.05) is 25.2 Å². The van der Waals surface area contributed by atoms with Crippen LogP contribution in [0.15, 0.2) is 21.5 Å². The van der Waals surface area contributed by atoms with Gasteiger partial charge in [0.05, 0.1) is 22.5 Å². The zero-order chi connectivity index (χ0) is 18.3. The number of furan rings is 1. The number of thiocarbonyl (C=S) groups is 1. The summed E-state index contributed by atoms with van der Waals surface area (Å²) in [7, 11) is -3.07. The van der Waals surface area contributed by atoms with Crippen molar-refractivity contribution in [1.29, 1.82) is 0 Å². The normalized spacial score (nSPS) is 27.7. The summed E-state index contributed by atoms with van der Waals surface area (Å²) in [6, 6.07) is 3.44. The maximum atomic E-state index is 12.7. The molecule has 6 nitrogen and oxygen atoms in total. The molecule has 0 unspecified atom stereocenters. The van der Waals surface area contributed by atoms with E-state index in [1.54, 1.807) is 6.08 Å². The first kappa shape index (κ1) is 18.1. The molecule has 0 spiro atoms. The number of anilines is 1. The van der Waals surface area contributed by atoms with Crippen molar-refractivity contribution in [3.05, 3.63) is 22.8 Å². The predicted molar refractivity (Wildman–Crippen MR) is 107 cm³/mol. The molecule has 4 heterocycles. The summed E-state index contributed by atoms with van der Waals surface area (Å²) < 4.78 is 29.7. The van der Waals surface area contributed by atoms with E-state index in [0.717, 1.165) is 19.0 Å². The molecule has 1 aromatic rings. The van der Waals surface area contributed by atoms with Gasteiger partial charge in [0.15, 0.2) is 15.7 Å². The van der Waals surface area contributed by atoms with Crippen molar-refractivity contribution in [1.82, 2.24) is 4.90 Å². The van der Waals surface area contributed by atoms with E-state index in [-0.39, 0.29) is 23.5 Å². The average Bonchev–Trinajstić information content (AvgIpc) is 3.28. The van der Waals surface area contributed by atoms with Gasteiger partial charge in [-0.25, -0.2) is 8.42 Å². The van der Waals surface area contributed by atoms with Crippen LogP contribution < -0.4 is 4.90 Å². The molecule has 26 heavy (non-hydrogen) atoms. The highest BCUT2D eigenvalue weighted by atomic mass is 32.2. The third-order valence-electron chi connectivity index (χ3n) is 4.95. The first-order valence-corrected chi connectivity index (χ1v) is 11.8. The third-order valence-corrected chi connectivity index (χ3v) is 8.03. The topological polar surface area (TPSA) is 70.8 Å². The minimum absolute atomic E-state index is 0.00736. The molecule has 3 aliphatic heterocycles. The van der Waals surface area contributed by atoms with Gasteiger partial charge in [-0.2, -0.15) is 0 Å².